The largest absolute Gasteiger partial charge is 0.399 e. The van der Waals surface area contributed by atoms with Crippen LogP contribution < -0.4 is 10.6 Å². The lowest BCUT2D eigenvalue weighted by Crippen LogP contribution is -2.30. The third kappa shape index (κ3) is 3.97. The van der Waals surface area contributed by atoms with Crippen LogP contribution in [-0.4, -0.2) is 41.4 Å². The molecule has 2 rings (SSSR count). The number of nitro benzene ring substituents is 1. The first-order valence-electron chi connectivity index (χ1n) is 7.18. The predicted octanol–water partition coefficient (Wildman–Crippen LogP) is 1.64. The van der Waals surface area contributed by atoms with E-state index in [4.69, 9.17) is 5.73 Å². The minimum Gasteiger partial charge on any atom is -0.399 e. The van der Waals surface area contributed by atoms with Crippen molar-refractivity contribution in [3.8, 4) is 11.1 Å². The molecule has 7 nitrogen and oxygen atoms in total. The molecule has 0 radical (unpaired) electrons. The number of rotatable bonds is 7. The Morgan fingerprint density at radius 1 is 1.09 bits per heavy atom. The third-order valence-corrected chi connectivity index (χ3v) is 3.47. The average molecular weight is 317 g/mol. The standard InChI is InChI=1S/C16H19N3O4/c17-13-4-5-16(18(6-8-20)7-9-21)15(11-13)12-2-1-3-14(10-12)19(22)23/h1-5,10-11,20-21H,6-9,17H2. The van der Waals surface area contributed by atoms with Crippen molar-refractivity contribution in [2.75, 3.05) is 36.9 Å². The van der Waals surface area contributed by atoms with Crippen molar-refractivity contribution in [3.05, 3.63) is 52.6 Å². The van der Waals surface area contributed by atoms with E-state index in [1.165, 1.54) is 12.1 Å². The Bertz CT molecular complexity index is 685. The van der Waals surface area contributed by atoms with Crippen LogP contribution in [-0.2, 0) is 0 Å². The van der Waals surface area contributed by atoms with Crippen LogP contribution in [0.3, 0.4) is 0 Å². The molecule has 0 aliphatic rings. The molecule has 0 unspecified atom stereocenters. The summed E-state index contributed by atoms with van der Waals surface area (Å²) in [4.78, 5) is 12.3. The van der Waals surface area contributed by atoms with Crippen LogP contribution in [0, 0.1) is 10.1 Å². The Hall–Kier alpha value is -2.64. The first kappa shape index (κ1) is 16.7. The summed E-state index contributed by atoms with van der Waals surface area (Å²) >= 11 is 0. The summed E-state index contributed by atoms with van der Waals surface area (Å²) in [6.45, 7) is 0.538. The molecule has 0 fully saturated rings. The summed E-state index contributed by atoms with van der Waals surface area (Å²) in [5.41, 5.74) is 8.51. The van der Waals surface area contributed by atoms with Crippen molar-refractivity contribution < 1.29 is 15.1 Å². The van der Waals surface area contributed by atoms with Crippen LogP contribution in [0.15, 0.2) is 42.5 Å². The molecule has 0 spiro atoms. The highest BCUT2D eigenvalue weighted by molar-refractivity contribution is 5.82. The third-order valence-electron chi connectivity index (χ3n) is 3.47. The molecule has 0 heterocycles. The number of aliphatic hydroxyl groups excluding tert-OH is 2. The Kier molecular flexibility index (Phi) is 5.51. The monoisotopic (exact) mass is 317 g/mol. The van der Waals surface area contributed by atoms with Gasteiger partial charge >= 0.3 is 0 Å². The summed E-state index contributed by atoms with van der Waals surface area (Å²) < 4.78 is 0. The molecule has 2 aromatic rings. The van der Waals surface area contributed by atoms with E-state index < -0.39 is 4.92 Å². The van der Waals surface area contributed by atoms with Crippen LogP contribution in [0.2, 0.25) is 0 Å². The van der Waals surface area contributed by atoms with E-state index in [0.717, 1.165) is 11.3 Å². The van der Waals surface area contributed by atoms with E-state index in [9.17, 15) is 20.3 Å². The quantitative estimate of drug-likeness (QED) is 0.406. The van der Waals surface area contributed by atoms with Gasteiger partial charge in [-0.25, -0.2) is 0 Å². The SMILES string of the molecule is Nc1ccc(N(CCO)CCO)c(-c2cccc([N+](=O)[O-])c2)c1. The second-order valence-corrected chi connectivity index (χ2v) is 5.02. The lowest BCUT2D eigenvalue weighted by Gasteiger charge is -2.26. The maximum absolute atomic E-state index is 11.0. The topological polar surface area (TPSA) is 113 Å². The Labute approximate surface area is 133 Å². The number of benzene rings is 2. The fraction of sp³-hybridized carbons (Fsp3) is 0.250. The molecule has 0 saturated heterocycles. The molecular weight excluding hydrogens is 298 g/mol. The van der Waals surface area contributed by atoms with E-state index in [0.29, 0.717) is 24.3 Å². The summed E-state index contributed by atoms with van der Waals surface area (Å²) in [5, 5.41) is 29.4. The van der Waals surface area contributed by atoms with Crippen molar-refractivity contribution in [1.29, 1.82) is 0 Å². The zero-order valence-corrected chi connectivity index (χ0v) is 12.6. The summed E-state index contributed by atoms with van der Waals surface area (Å²) in [6.07, 6.45) is 0. The first-order valence-corrected chi connectivity index (χ1v) is 7.18. The van der Waals surface area contributed by atoms with Crippen molar-refractivity contribution in [2.45, 2.75) is 0 Å². The summed E-state index contributed by atoms with van der Waals surface area (Å²) in [7, 11) is 0. The van der Waals surface area contributed by atoms with Gasteiger partial charge in [-0.3, -0.25) is 10.1 Å². The smallest absolute Gasteiger partial charge is 0.270 e. The molecule has 4 N–H and O–H groups in total. The number of nitrogen functional groups attached to an aromatic ring is 1. The van der Waals surface area contributed by atoms with Gasteiger partial charge in [0.1, 0.15) is 0 Å². The van der Waals surface area contributed by atoms with E-state index in [2.05, 4.69) is 0 Å². The zero-order chi connectivity index (χ0) is 16.8. The molecule has 7 heteroatoms. The van der Waals surface area contributed by atoms with E-state index >= 15 is 0 Å². The number of aliphatic hydroxyl groups is 2. The minimum atomic E-state index is -0.450. The molecule has 0 aliphatic heterocycles. The second kappa shape index (κ2) is 7.57. The number of nitro groups is 1. The van der Waals surface area contributed by atoms with Gasteiger partial charge in [0.05, 0.1) is 18.1 Å². The maximum atomic E-state index is 11.0. The number of anilines is 2. The molecule has 2 aromatic carbocycles. The summed E-state index contributed by atoms with van der Waals surface area (Å²) in [6, 6.07) is 11.5. The molecule has 0 aromatic heterocycles. The fourth-order valence-electron chi connectivity index (χ4n) is 2.44. The van der Waals surface area contributed by atoms with Crippen LogP contribution in [0.5, 0.6) is 0 Å². The summed E-state index contributed by atoms with van der Waals surface area (Å²) in [5.74, 6) is 0. The Morgan fingerprint density at radius 3 is 2.39 bits per heavy atom. The zero-order valence-electron chi connectivity index (χ0n) is 12.6. The van der Waals surface area contributed by atoms with Gasteiger partial charge in [0, 0.05) is 42.2 Å². The molecule has 0 atom stereocenters. The molecule has 0 amide bonds. The molecule has 0 aliphatic carbocycles. The van der Waals surface area contributed by atoms with Crippen molar-refractivity contribution in [3.63, 3.8) is 0 Å². The number of hydrogen-bond donors (Lipinski definition) is 3. The molecular formula is C16H19N3O4. The number of nitrogens with zero attached hydrogens (tertiary/aromatic N) is 2. The second-order valence-electron chi connectivity index (χ2n) is 5.02. The average Bonchev–Trinajstić information content (AvgIpc) is 2.55. The normalized spacial score (nSPS) is 10.5. The lowest BCUT2D eigenvalue weighted by molar-refractivity contribution is -0.384. The van der Waals surface area contributed by atoms with Crippen LogP contribution in [0.25, 0.3) is 11.1 Å². The van der Waals surface area contributed by atoms with Gasteiger partial charge in [-0.15, -0.1) is 0 Å². The van der Waals surface area contributed by atoms with Gasteiger partial charge in [-0.2, -0.15) is 0 Å². The van der Waals surface area contributed by atoms with Crippen molar-refractivity contribution in [1.82, 2.24) is 0 Å². The van der Waals surface area contributed by atoms with E-state index in [-0.39, 0.29) is 18.9 Å². The van der Waals surface area contributed by atoms with Crippen molar-refractivity contribution in [2.24, 2.45) is 0 Å². The highest BCUT2D eigenvalue weighted by Crippen LogP contribution is 2.34. The highest BCUT2D eigenvalue weighted by atomic mass is 16.6. The minimum absolute atomic E-state index is 0.00765. The maximum Gasteiger partial charge on any atom is 0.270 e. The number of non-ortho nitro benzene ring substituents is 1. The number of nitrogens with two attached hydrogens (primary N) is 1. The fourth-order valence-corrected chi connectivity index (χ4v) is 2.44. The van der Waals surface area contributed by atoms with Gasteiger partial charge in [0.15, 0.2) is 0 Å². The predicted molar refractivity (Wildman–Crippen MR) is 89.3 cm³/mol. The van der Waals surface area contributed by atoms with Crippen molar-refractivity contribution >= 4 is 17.1 Å². The van der Waals surface area contributed by atoms with Crippen LogP contribution >= 0.6 is 0 Å². The van der Waals surface area contributed by atoms with E-state index in [1.54, 1.807) is 30.3 Å². The van der Waals surface area contributed by atoms with Crippen LogP contribution in [0.4, 0.5) is 17.1 Å². The lowest BCUT2D eigenvalue weighted by atomic mass is 10.0. The highest BCUT2D eigenvalue weighted by Gasteiger charge is 2.15. The Morgan fingerprint density at radius 2 is 1.78 bits per heavy atom. The molecule has 0 bridgehead atoms. The molecule has 23 heavy (non-hydrogen) atoms. The van der Waals surface area contributed by atoms with Gasteiger partial charge in [-0.1, -0.05) is 12.1 Å². The van der Waals surface area contributed by atoms with Gasteiger partial charge in [-0.05, 0) is 23.8 Å². The Balaban J connectivity index is 2.54. The van der Waals surface area contributed by atoms with Crippen LogP contribution in [0.1, 0.15) is 0 Å². The van der Waals surface area contributed by atoms with Gasteiger partial charge < -0.3 is 20.8 Å². The van der Waals surface area contributed by atoms with Gasteiger partial charge in [0.25, 0.3) is 5.69 Å². The van der Waals surface area contributed by atoms with Gasteiger partial charge in [0.2, 0.25) is 0 Å². The number of hydrogen-bond acceptors (Lipinski definition) is 6. The molecule has 122 valence electrons. The molecule has 0 saturated carbocycles. The first-order chi connectivity index (χ1) is 11.1. The van der Waals surface area contributed by atoms with E-state index in [1.807, 2.05) is 4.90 Å².